The first-order valence-corrected chi connectivity index (χ1v) is 6.05. The first-order chi connectivity index (χ1) is 8.69. The van der Waals surface area contributed by atoms with E-state index < -0.39 is 6.61 Å². The van der Waals surface area contributed by atoms with Crippen LogP contribution in [-0.2, 0) is 0 Å². The van der Waals surface area contributed by atoms with E-state index in [1.165, 1.54) is 12.3 Å². The first-order valence-electron chi connectivity index (χ1n) is 6.05. The molecule has 100 valence electrons. The van der Waals surface area contributed by atoms with Crippen molar-refractivity contribution in [3.8, 4) is 5.75 Å². The number of hydrogen-bond acceptors (Lipinski definition) is 4. The summed E-state index contributed by atoms with van der Waals surface area (Å²) in [5.41, 5.74) is 5.63. The molecule has 2 heterocycles. The molecule has 0 radical (unpaired) electrons. The number of aromatic nitrogens is 1. The molecule has 1 aromatic rings. The smallest absolute Gasteiger partial charge is 0.387 e. The van der Waals surface area contributed by atoms with Crippen LogP contribution in [0.4, 0.5) is 14.6 Å². The van der Waals surface area contributed by atoms with E-state index in [4.69, 9.17) is 5.73 Å². The molecule has 4 nitrogen and oxygen atoms in total. The summed E-state index contributed by atoms with van der Waals surface area (Å²) < 4.78 is 28.2. The van der Waals surface area contributed by atoms with Gasteiger partial charge < -0.3 is 15.4 Å². The normalized spacial score (nSPS) is 17.2. The van der Waals surface area contributed by atoms with Crippen LogP contribution in [-0.4, -0.2) is 31.2 Å². The molecule has 0 aliphatic carbocycles. The Kier molecular flexibility index (Phi) is 4.30. The summed E-state index contributed by atoms with van der Waals surface area (Å²) in [6.45, 7) is -0.269. The van der Waals surface area contributed by atoms with Crippen molar-refractivity contribution in [2.75, 3.05) is 24.5 Å². The fourth-order valence-corrected chi connectivity index (χ4v) is 2.13. The molecule has 0 bridgehead atoms. The maximum atomic E-state index is 12.0. The molecule has 0 saturated carbocycles. The van der Waals surface area contributed by atoms with Gasteiger partial charge in [-0.3, -0.25) is 0 Å². The summed E-state index contributed by atoms with van der Waals surface area (Å²) in [5, 5.41) is 0. The molecule has 18 heavy (non-hydrogen) atoms. The number of pyridine rings is 1. The number of ether oxygens (including phenoxy) is 1. The van der Waals surface area contributed by atoms with E-state index >= 15 is 0 Å². The molecule has 1 fully saturated rings. The number of rotatable bonds is 4. The lowest BCUT2D eigenvalue weighted by atomic mass is 9.97. The minimum Gasteiger partial charge on any atom is -0.433 e. The van der Waals surface area contributed by atoms with Gasteiger partial charge in [0.2, 0.25) is 0 Å². The standard InChI is InChI=1S/C12H17F2N3O/c13-12(14)18-10-1-2-11(16-8-10)17-5-3-9(7-15)4-6-17/h1-2,8-9,12H,3-7,15H2. The average molecular weight is 257 g/mol. The maximum absolute atomic E-state index is 12.0. The van der Waals surface area contributed by atoms with Crippen LogP contribution in [0.3, 0.4) is 0 Å². The molecule has 1 aliphatic heterocycles. The van der Waals surface area contributed by atoms with Crippen molar-refractivity contribution >= 4 is 5.82 Å². The fourth-order valence-electron chi connectivity index (χ4n) is 2.13. The van der Waals surface area contributed by atoms with Gasteiger partial charge in [-0.15, -0.1) is 0 Å². The molecule has 0 amide bonds. The Morgan fingerprint density at radius 2 is 2.11 bits per heavy atom. The third-order valence-electron chi connectivity index (χ3n) is 3.22. The second kappa shape index (κ2) is 5.95. The lowest BCUT2D eigenvalue weighted by Crippen LogP contribution is -2.36. The summed E-state index contributed by atoms with van der Waals surface area (Å²) in [4.78, 5) is 6.28. The Labute approximate surface area is 105 Å². The van der Waals surface area contributed by atoms with Crippen molar-refractivity contribution < 1.29 is 13.5 Å². The van der Waals surface area contributed by atoms with Crippen molar-refractivity contribution in [3.05, 3.63) is 18.3 Å². The maximum Gasteiger partial charge on any atom is 0.387 e. The van der Waals surface area contributed by atoms with Crippen molar-refractivity contribution in [2.45, 2.75) is 19.5 Å². The molecule has 1 aromatic heterocycles. The van der Waals surface area contributed by atoms with Gasteiger partial charge in [0, 0.05) is 13.1 Å². The van der Waals surface area contributed by atoms with Gasteiger partial charge in [0.15, 0.2) is 0 Å². The number of piperidine rings is 1. The van der Waals surface area contributed by atoms with Crippen LogP contribution in [0.2, 0.25) is 0 Å². The summed E-state index contributed by atoms with van der Waals surface area (Å²) in [6, 6.07) is 3.23. The Balaban J connectivity index is 1.93. The highest BCUT2D eigenvalue weighted by molar-refractivity contribution is 5.41. The van der Waals surface area contributed by atoms with E-state index in [1.54, 1.807) is 6.07 Å². The van der Waals surface area contributed by atoms with Crippen molar-refractivity contribution in [3.63, 3.8) is 0 Å². The number of nitrogens with zero attached hydrogens (tertiary/aromatic N) is 2. The lowest BCUT2D eigenvalue weighted by molar-refractivity contribution is -0.0500. The molecule has 0 aromatic carbocycles. The van der Waals surface area contributed by atoms with Crippen molar-refractivity contribution in [1.82, 2.24) is 4.98 Å². The molecule has 0 unspecified atom stereocenters. The number of halogens is 2. The fraction of sp³-hybridized carbons (Fsp3) is 0.583. The third-order valence-corrected chi connectivity index (χ3v) is 3.22. The van der Waals surface area contributed by atoms with Gasteiger partial charge in [-0.2, -0.15) is 8.78 Å². The molecule has 2 N–H and O–H groups in total. The predicted molar refractivity (Wildman–Crippen MR) is 64.9 cm³/mol. The molecule has 1 aliphatic rings. The van der Waals surface area contributed by atoms with Gasteiger partial charge >= 0.3 is 6.61 Å². The summed E-state index contributed by atoms with van der Waals surface area (Å²) in [5.74, 6) is 1.47. The molecule has 0 atom stereocenters. The highest BCUT2D eigenvalue weighted by Gasteiger charge is 2.19. The number of hydrogen-bond donors (Lipinski definition) is 1. The van der Waals surface area contributed by atoms with Gasteiger partial charge in [-0.05, 0) is 37.4 Å². The Morgan fingerprint density at radius 1 is 1.39 bits per heavy atom. The van der Waals surface area contributed by atoms with Crippen LogP contribution in [0.25, 0.3) is 0 Å². The minimum absolute atomic E-state index is 0.0885. The summed E-state index contributed by atoms with van der Waals surface area (Å²) in [6.07, 6.45) is 3.43. The molecule has 1 saturated heterocycles. The zero-order valence-electron chi connectivity index (χ0n) is 10.1. The number of anilines is 1. The zero-order valence-corrected chi connectivity index (χ0v) is 10.1. The van der Waals surface area contributed by atoms with E-state index in [0.717, 1.165) is 38.3 Å². The monoisotopic (exact) mass is 257 g/mol. The first kappa shape index (κ1) is 13.0. The van der Waals surface area contributed by atoms with Gasteiger partial charge in [0.1, 0.15) is 11.6 Å². The quantitative estimate of drug-likeness (QED) is 0.894. The van der Waals surface area contributed by atoms with Crippen molar-refractivity contribution in [2.24, 2.45) is 11.7 Å². The Hall–Kier alpha value is -1.43. The minimum atomic E-state index is -2.81. The van der Waals surface area contributed by atoms with E-state index in [1.807, 2.05) is 0 Å². The molecular weight excluding hydrogens is 240 g/mol. The lowest BCUT2D eigenvalue weighted by Gasteiger charge is -2.32. The zero-order chi connectivity index (χ0) is 13.0. The number of nitrogens with two attached hydrogens (primary N) is 1. The Bertz CT molecular complexity index is 364. The van der Waals surface area contributed by atoms with Crippen LogP contribution < -0.4 is 15.4 Å². The van der Waals surface area contributed by atoms with Crippen LogP contribution in [0, 0.1) is 5.92 Å². The molecular formula is C12H17F2N3O. The van der Waals surface area contributed by atoms with Crippen LogP contribution in [0.1, 0.15) is 12.8 Å². The topological polar surface area (TPSA) is 51.4 Å². The van der Waals surface area contributed by atoms with E-state index in [9.17, 15) is 8.78 Å². The van der Waals surface area contributed by atoms with Gasteiger partial charge in [0.05, 0.1) is 6.20 Å². The van der Waals surface area contributed by atoms with Crippen LogP contribution >= 0.6 is 0 Å². The highest BCUT2D eigenvalue weighted by Crippen LogP contribution is 2.22. The van der Waals surface area contributed by atoms with E-state index in [-0.39, 0.29) is 5.75 Å². The second-order valence-corrected chi connectivity index (χ2v) is 4.40. The number of alkyl halides is 2. The SMILES string of the molecule is NCC1CCN(c2ccc(OC(F)F)cn2)CC1. The van der Waals surface area contributed by atoms with E-state index in [0.29, 0.717) is 5.92 Å². The summed E-state index contributed by atoms with van der Waals surface area (Å²) in [7, 11) is 0. The average Bonchev–Trinajstić information content (AvgIpc) is 2.39. The van der Waals surface area contributed by atoms with Crippen molar-refractivity contribution in [1.29, 1.82) is 0 Å². The van der Waals surface area contributed by atoms with Gasteiger partial charge in [0.25, 0.3) is 0 Å². The third kappa shape index (κ3) is 3.29. The van der Waals surface area contributed by atoms with Crippen LogP contribution in [0.5, 0.6) is 5.75 Å². The van der Waals surface area contributed by atoms with Gasteiger partial charge in [-0.1, -0.05) is 0 Å². The molecule has 6 heteroatoms. The summed E-state index contributed by atoms with van der Waals surface area (Å²) >= 11 is 0. The van der Waals surface area contributed by atoms with Gasteiger partial charge in [-0.25, -0.2) is 4.98 Å². The largest absolute Gasteiger partial charge is 0.433 e. The Morgan fingerprint density at radius 3 is 2.61 bits per heavy atom. The highest BCUT2D eigenvalue weighted by atomic mass is 19.3. The van der Waals surface area contributed by atoms with Crippen LogP contribution in [0.15, 0.2) is 18.3 Å². The molecule has 0 spiro atoms. The molecule has 2 rings (SSSR count). The second-order valence-electron chi connectivity index (χ2n) is 4.40. The predicted octanol–water partition coefficient (Wildman–Crippen LogP) is 1.86. The van der Waals surface area contributed by atoms with E-state index in [2.05, 4.69) is 14.6 Å².